The first-order valence-electron chi connectivity index (χ1n) is 5.54. The molecule has 1 aromatic rings. The molecule has 1 rings (SSSR count). The van der Waals surface area contributed by atoms with E-state index in [1.165, 1.54) is 11.3 Å². The molecule has 0 aliphatic rings. The second-order valence-electron chi connectivity index (χ2n) is 3.92. The second-order valence-corrected chi connectivity index (χ2v) is 3.92. The van der Waals surface area contributed by atoms with Crippen LogP contribution < -0.4 is 4.90 Å². The lowest BCUT2D eigenvalue weighted by atomic mass is 10.0. The van der Waals surface area contributed by atoms with Gasteiger partial charge < -0.3 is 4.90 Å². The van der Waals surface area contributed by atoms with Crippen molar-refractivity contribution in [3.8, 4) is 0 Å². The van der Waals surface area contributed by atoms with E-state index in [1.54, 1.807) is 0 Å². The molecule has 0 saturated carbocycles. The van der Waals surface area contributed by atoms with E-state index in [1.807, 2.05) is 0 Å². The van der Waals surface area contributed by atoms with E-state index in [0.717, 1.165) is 13.1 Å². The zero-order valence-corrected chi connectivity index (χ0v) is 9.75. The highest BCUT2D eigenvalue weighted by Gasteiger charge is 2.04. The van der Waals surface area contributed by atoms with Gasteiger partial charge in [0, 0.05) is 18.8 Å². The maximum Gasteiger partial charge on any atom is 0.0368 e. The molecule has 0 unspecified atom stereocenters. The molecule has 14 heavy (non-hydrogen) atoms. The Balaban J connectivity index is 2.92. The minimum absolute atomic E-state index is 0.616. The summed E-state index contributed by atoms with van der Waals surface area (Å²) in [6, 6.07) is 8.86. The molecule has 0 radical (unpaired) electrons. The van der Waals surface area contributed by atoms with E-state index in [4.69, 9.17) is 0 Å². The Morgan fingerprint density at radius 3 is 2.29 bits per heavy atom. The Morgan fingerprint density at radius 1 is 1.14 bits per heavy atom. The first-order chi connectivity index (χ1) is 6.69. The van der Waals surface area contributed by atoms with Gasteiger partial charge in [-0.15, -0.1) is 0 Å². The van der Waals surface area contributed by atoms with Crippen molar-refractivity contribution in [3.05, 3.63) is 29.8 Å². The van der Waals surface area contributed by atoms with Gasteiger partial charge in [-0.3, -0.25) is 0 Å². The average Bonchev–Trinajstić information content (AvgIpc) is 2.20. The number of anilines is 1. The van der Waals surface area contributed by atoms with Crippen LogP contribution in [0.2, 0.25) is 0 Å². The van der Waals surface area contributed by atoms with Gasteiger partial charge in [0.15, 0.2) is 0 Å². The van der Waals surface area contributed by atoms with Gasteiger partial charge in [-0.1, -0.05) is 26.0 Å². The zero-order chi connectivity index (χ0) is 10.6. The normalized spacial score (nSPS) is 10.6. The van der Waals surface area contributed by atoms with Crippen LogP contribution in [0.1, 0.15) is 39.2 Å². The topological polar surface area (TPSA) is 3.24 Å². The summed E-state index contributed by atoms with van der Waals surface area (Å²) in [5, 5.41) is 0. The summed E-state index contributed by atoms with van der Waals surface area (Å²) in [5.74, 6) is 0.616. The number of hydrogen-bond acceptors (Lipinski definition) is 1. The lowest BCUT2D eigenvalue weighted by molar-refractivity contribution is 0.845. The van der Waals surface area contributed by atoms with E-state index in [2.05, 4.69) is 56.9 Å². The molecule has 0 heterocycles. The first-order valence-corrected chi connectivity index (χ1v) is 5.54. The van der Waals surface area contributed by atoms with Crippen molar-refractivity contribution in [2.24, 2.45) is 0 Å². The van der Waals surface area contributed by atoms with Gasteiger partial charge in [0.25, 0.3) is 0 Å². The van der Waals surface area contributed by atoms with Gasteiger partial charge >= 0.3 is 0 Å². The Bertz CT molecular complexity index is 274. The van der Waals surface area contributed by atoms with Crippen LogP contribution >= 0.6 is 0 Å². The van der Waals surface area contributed by atoms with Gasteiger partial charge in [0.05, 0.1) is 0 Å². The largest absolute Gasteiger partial charge is 0.372 e. The highest BCUT2D eigenvalue weighted by Crippen LogP contribution is 2.21. The third-order valence-electron chi connectivity index (χ3n) is 2.67. The summed E-state index contributed by atoms with van der Waals surface area (Å²) in [4.78, 5) is 2.38. The van der Waals surface area contributed by atoms with Crippen LogP contribution in [0.4, 0.5) is 5.69 Å². The molecular weight excluding hydrogens is 170 g/mol. The van der Waals surface area contributed by atoms with Gasteiger partial charge in [0.1, 0.15) is 0 Å². The smallest absolute Gasteiger partial charge is 0.0368 e. The Labute approximate surface area is 87.7 Å². The predicted molar refractivity (Wildman–Crippen MR) is 64.1 cm³/mol. The Morgan fingerprint density at radius 2 is 1.79 bits per heavy atom. The van der Waals surface area contributed by atoms with Crippen molar-refractivity contribution >= 4 is 5.69 Å². The minimum atomic E-state index is 0.616. The second kappa shape index (κ2) is 5.04. The summed E-state index contributed by atoms with van der Waals surface area (Å²) in [6.07, 6.45) is 0. The van der Waals surface area contributed by atoms with Crippen LogP contribution in [0, 0.1) is 0 Å². The molecule has 0 aliphatic heterocycles. The first kappa shape index (κ1) is 11.1. The fraction of sp³-hybridized carbons (Fsp3) is 0.538. The zero-order valence-electron chi connectivity index (χ0n) is 9.75. The fourth-order valence-corrected chi connectivity index (χ4v) is 1.67. The lowest BCUT2D eigenvalue weighted by Crippen LogP contribution is -2.21. The molecule has 1 aromatic carbocycles. The van der Waals surface area contributed by atoms with Crippen LogP contribution in [-0.2, 0) is 0 Å². The quantitative estimate of drug-likeness (QED) is 0.702. The summed E-state index contributed by atoms with van der Waals surface area (Å²) in [6.45, 7) is 11.0. The van der Waals surface area contributed by atoms with E-state index >= 15 is 0 Å². The highest BCUT2D eigenvalue weighted by atomic mass is 15.1. The number of rotatable bonds is 4. The van der Waals surface area contributed by atoms with Crippen molar-refractivity contribution in [2.75, 3.05) is 18.0 Å². The molecule has 1 heteroatoms. The predicted octanol–water partition coefficient (Wildman–Crippen LogP) is 3.66. The monoisotopic (exact) mass is 191 g/mol. The Hall–Kier alpha value is -0.980. The van der Waals surface area contributed by atoms with Gasteiger partial charge in [-0.05, 0) is 37.5 Å². The van der Waals surface area contributed by atoms with Crippen LogP contribution in [0.15, 0.2) is 24.3 Å². The summed E-state index contributed by atoms with van der Waals surface area (Å²) in [7, 11) is 0. The molecule has 0 atom stereocenters. The average molecular weight is 191 g/mol. The molecule has 0 fully saturated rings. The SMILES string of the molecule is CCN(CC)c1cccc(C(C)C)c1. The summed E-state index contributed by atoms with van der Waals surface area (Å²) < 4.78 is 0. The maximum absolute atomic E-state index is 2.38. The molecule has 0 N–H and O–H groups in total. The summed E-state index contributed by atoms with van der Waals surface area (Å²) in [5.41, 5.74) is 2.77. The van der Waals surface area contributed by atoms with Crippen molar-refractivity contribution < 1.29 is 0 Å². The molecule has 0 aromatic heterocycles. The fourth-order valence-electron chi connectivity index (χ4n) is 1.67. The number of hydrogen-bond donors (Lipinski definition) is 0. The van der Waals surface area contributed by atoms with Crippen molar-refractivity contribution in [1.29, 1.82) is 0 Å². The maximum atomic E-state index is 2.38. The number of nitrogens with zero attached hydrogens (tertiary/aromatic N) is 1. The third-order valence-corrected chi connectivity index (χ3v) is 2.67. The standard InChI is InChI=1S/C13H21N/c1-5-14(6-2)13-9-7-8-12(10-13)11(3)4/h7-11H,5-6H2,1-4H3. The van der Waals surface area contributed by atoms with E-state index in [-0.39, 0.29) is 0 Å². The molecule has 0 aliphatic carbocycles. The molecule has 0 saturated heterocycles. The van der Waals surface area contributed by atoms with Crippen molar-refractivity contribution in [3.63, 3.8) is 0 Å². The Kier molecular flexibility index (Phi) is 3.99. The summed E-state index contributed by atoms with van der Waals surface area (Å²) >= 11 is 0. The van der Waals surface area contributed by atoms with Crippen molar-refractivity contribution in [2.45, 2.75) is 33.6 Å². The van der Waals surface area contributed by atoms with E-state index in [0.29, 0.717) is 5.92 Å². The lowest BCUT2D eigenvalue weighted by Gasteiger charge is -2.22. The van der Waals surface area contributed by atoms with Gasteiger partial charge in [0.2, 0.25) is 0 Å². The molecule has 0 bridgehead atoms. The van der Waals surface area contributed by atoms with Crippen molar-refractivity contribution in [1.82, 2.24) is 0 Å². The molecule has 78 valence electrons. The van der Waals surface area contributed by atoms with Gasteiger partial charge in [-0.2, -0.15) is 0 Å². The van der Waals surface area contributed by atoms with Crippen LogP contribution in [0.5, 0.6) is 0 Å². The van der Waals surface area contributed by atoms with Gasteiger partial charge in [-0.25, -0.2) is 0 Å². The highest BCUT2D eigenvalue weighted by molar-refractivity contribution is 5.48. The number of benzene rings is 1. The molecule has 1 nitrogen and oxygen atoms in total. The molecular formula is C13H21N. The van der Waals surface area contributed by atoms with Crippen LogP contribution in [0.25, 0.3) is 0 Å². The van der Waals surface area contributed by atoms with E-state index < -0.39 is 0 Å². The van der Waals surface area contributed by atoms with Crippen LogP contribution in [0.3, 0.4) is 0 Å². The molecule has 0 amide bonds. The minimum Gasteiger partial charge on any atom is -0.372 e. The molecule has 0 spiro atoms. The van der Waals surface area contributed by atoms with E-state index in [9.17, 15) is 0 Å². The van der Waals surface area contributed by atoms with Crippen LogP contribution in [-0.4, -0.2) is 13.1 Å². The third kappa shape index (κ3) is 2.50.